The number of amides is 2. The van der Waals surface area contributed by atoms with Gasteiger partial charge in [0, 0.05) is 45.7 Å². The lowest BCUT2D eigenvalue weighted by molar-refractivity contribution is -0.134. The maximum atomic E-state index is 13.0. The van der Waals surface area contributed by atoms with E-state index in [1.165, 1.54) is 5.56 Å². The number of benzene rings is 2. The Morgan fingerprint density at radius 3 is 2.52 bits per heavy atom. The van der Waals surface area contributed by atoms with E-state index in [4.69, 9.17) is 4.74 Å². The van der Waals surface area contributed by atoms with Gasteiger partial charge in [-0.25, -0.2) is 0 Å². The van der Waals surface area contributed by atoms with Crippen molar-refractivity contribution in [2.75, 3.05) is 44.2 Å². The van der Waals surface area contributed by atoms with Crippen LogP contribution in [0.25, 0.3) is 6.08 Å². The summed E-state index contributed by atoms with van der Waals surface area (Å²) in [6.45, 7) is 9.93. The molecular weight excluding hydrogens is 414 g/mol. The lowest BCUT2D eigenvalue weighted by atomic mass is 10.0. The summed E-state index contributed by atoms with van der Waals surface area (Å²) in [5.74, 6) is 0.680. The van der Waals surface area contributed by atoms with E-state index in [0.717, 1.165) is 44.0 Å². The average Bonchev–Trinajstić information content (AvgIpc) is 2.81. The van der Waals surface area contributed by atoms with E-state index in [0.29, 0.717) is 18.7 Å². The molecule has 0 aliphatic carbocycles. The largest absolute Gasteiger partial charge is 0.476 e. The van der Waals surface area contributed by atoms with E-state index in [1.807, 2.05) is 48.2 Å². The SMILES string of the molecule is Cc1ccc2c(c1)N(CCC(=O)N1CCN(C/C=C/c3ccccc3)CC1)C(=O)C(C)(C)O2. The Bertz CT molecular complexity index is 1020. The van der Waals surface area contributed by atoms with E-state index < -0.39 is 5.60 Å². The van der Waals surface area contributed by atoms with E-state index in [9.17, 15) is 9.59 Å². The molecule has 2 aliphatic rings. The zero-order valence-corrected chi connectivity index (χ0v) is 19.8. The van der Waals surface area contributed by atoms with Crippen molar-refractivity contribution in [2.45, 2.75) is 32.8 Å². The number of carbonyl (C=O) groups is 2. The van der Waals surface area contributed by atoms with Crippen molar-refractivity contribution in [1.82, 2.24) is 9.80 Å². The Hall–Kier alpha value is -3.12. The number of anilines is 1. The van der Waals surface area contributed by atoms with Crippen LogP contribution in [0.15, 0.2) is 54.6 Å². The van der Waals surface area contributed by atoms with Gasteiger partial charge in [0.05, 0.1) is 5.69 Å². The number of ether oxygens (including phenoxy) is 1. The Morgan fingerprint density at radius 2 is 1.79 bits per heavy atom. The molecule has 1 fully saturated rings. The summed E-state index contributed by atoms with van der Waals surface area (Å²) in [5.41, 5.74) is 2.06. The van der Waals surface area contributed by atoms with Crippen LogP contribution in [0.4, 0.5) is 5.69 Å². The molecular formula is C27H33N3O3. The third kappa shape index (κ3) is 5.45. The smallest absolute Gasteiger partial charge is 0.270 e. The van der Waals surface area contributed by atoms with Gasteiger partial charge in [0.25, 0.3) is 5.91 Å². The van der Waals surface area contributed by atoms with Crippen LogP contribution in [-0.4, -0.2) is 66.5 Å². The molecule has 0 bridgehead atoms. The zero-order valence-electron chi connectivity index (χ0n) is 19.8. The van der Waals surface area contributed by atoms with Crippen LogP contribution < -0.4 is 9.64 Å². The third-order valence-electron chi connectivity index (χ3n) is 6.28. The molecule has 0 saturated carbocycles. The number of hydrogen-bond acceptors (Lipinski definition) is 4. The van der Waals surface area contributed by atoms with Crippen LogP contribution in [0.3, 0.4) is 0 Å². The highest BCUT2D eigenvalue weighted by Gasteiger charge is 2.41. The molecule has 174 valence electrons. The van der Waals surface area contributed by atoms with Gasteiger partial charge in [-0.15, -0.1) is 0 Å². The van der Waals surface area contributed by atoms with Gasteiger partial charge in [-0.1, -0.05) is 48.6 Å². The second-order valence-corrected chi connectivity index (χ2v) is 9.28. The molecule has 2 aromatic carbocycles. The van der Waals surface area contributed by atoms with Crippen molar-refractivity contribution < 1.29 is 14.3 Å². The number of rotatable bonds is 6. The van der Waals surface area contributed by atoms with Gasteiger partial charge in [-0.05, 0) is 44.0 Å². The predicted octanol–water partition coefficient (Wildman–Crippen LogP) is 3.75. The molecule has 1 saturated heterocycles. The summed E-state index contributed by atoms with van der Waals surface area (Å²) in [6, 6.07) is 16.1. The van der Waals surface area contributed by atoms with Gasteiger partial charge in [0.2, 0.25) is 5.91 Å². The molecule has 0 radical (unpaired) electrons. The van der Waals surface area contributed by atoms with Gasteiger partial charge in [-0.2, -0.15) is 0 Å². The summed E-state index contributed by atoms with van der Waals surface area (Å²) in [5, 5.41) is 0. The van der Waals surface area contributed by atoms with Gasteiger partial charge in [0.15, 0.2) is 5.60 Å². The summed E-state index contributed by atoms with van der Waals surface area (Å²) < 4.78 is 5.91. The van der Waals surface area contributed by atoms with Crippen LogP contribution in [0, 0.1) is 6.92 Å². The Morgan fingerprint density at radius 1 is 1.06 bits per heavy atom. The first-order chi connectivity index (χ1) is 15.8. The van der Waals surface area contributed by atoms with Crippen molar-refractivity contribution >= 4 is 23.6 Å². The first kappa shape index (κ1) is 23.1. The van der Waals surface area contributed by atoms with Gasteiger partial charge in [0.1, 0.15) is 5.75 Å². The minimum Gasteiger partial charge on any atom is -0.476 e. The summed E-state index contributed by atoms with van der Waals surface area (Å²) in [4.78, 5) is 31.9. The molecule has 2 heterocycles. The highest BCUT2D eigenvalue weighted by atomic mass is 16.5. The molecule has 2 amide bonds. The number of fused-ring (bicyclic) bond motifs is 1. The quantitative estimate of drug-likeness (QED) is 0.677. The van der Waals surface area contributed by atoms with E-state index in [-0.39, 0.29) is 11.8 Å². The minimum atomic E-state index is -0.940. The lowest BCUT2D eigenvalue weighted by Crippen LogP contribution is -2.54. The molecule has 0 atom stereocenters. The standard InChI is InChI=1S/C27H33N3O3/c1-21-11-12-24-23(20-21)30(26(32)27(2,3)33-24)15-13-25(31)29-18-16-28(17-19-29)14-7-10-22-8-5-4-6-9-22/h4-12,20H,13-19H2,1-3H3/b10-7+. The van der Waals surface area contributed by atoms with Gasteiger partial charge in [-0.3, -0.25) is 14.5 Å². The maximum Gasteiger partial charge on any atom is 0.270 e. The number of hydrogen-bond donors (Lipinski definition) is 0. The van der Waals surface area contributed by atoms with E-state index in [1.54, 1.807) is 18.7 Å². The number of nitrogens with zero attached hydrogens (tertiary/aromatic N) is 3. The van der Waals surface area contributed by atoms with Crippen LogP contribution in [0.2, 0.25) is 0 Å². The van der Waals surface area contributed by atoms with Gasteiger partial charge < -0.3 is 14.5 Å². The summed E-state index contributed by atoms with van der Waals surface area (Å²) in [6.07, 6.45) is 4.62. The van der Waals surface area contributed by atoms with Crippen LogP contribution in [0.5, 0.6) is 5.75 Å². The normalized spacial score (nSPS) is 18.3. The molecule has 33 heavy (non-hydrogen) atoms. The maximum absolute atomic E-state index is 13.0. The second-order valence-electron chi connectivity index (χ2n) is 9.28. The number of aryl methyl sites for hydroxylation is 1. The molecule has 4 rings (SSSR count). The molecule has 2 aliphatic heterocycles. The number of carbonyl (C=O) groups excluding carboxylic acids is 2. The first-order valence-corrected chi connectivity index (χ1v) is 11.7. The molecule has 6 nitrogen and oxygen atoms in total. The van der Waals surface area contributed by atoms with E-state index >= 15 is 0 Å². The van der Waals surface area contributed by atoms with Crippen LogP contribution >= 0.6 is 0 Å². The Kier molecular flexibility index (Phi) is 6.84. The second kappa shape index (κ2) is 9.79. The van der Waals surface area contributed by atoms with Crippen LogP contribution in [0.1, 0.15) is 31.4 Å². The van der Waals surface area contributed by atoms with E-state index in [2.05, 4.69) is 29.2 Å². The molecule has 6 heteroatoms. The van der Waals surface area contributed by atoms with Crippen molar-refractivity contribution in [1.29, 1.82) is 0 Å². The fraction of sp³-hybridized carbons (Fsp3) is 0.407. The topological polar surface area (TPSA) is 53.1 Å². The molecule has 0 aromatic heterocycles. The van der Waals surface area contributed by atoms with Gasteiger partial charge >= 0.3 is 0 Å². The van der Waals surface area contributed by atoms with Crippen molar-refractivity contribution in [2.24, 2.45) is 0 Å². The lowest BCUT2D eigenvalue weighted by Gasteiger charge is -2.39. The highest BCUT2D eigenvalue weighted by molar-refractivity contribution is 6.02. The van der Waals surface area contributed by atoms with Crippen molar-refractivity contribution in [3.8, 4) is 5.75 Å². The predicted molar refractivity (Wildman–Crippen MR) is 131 cm³/mol. The fourth-order valence-electron chi connectivity index (χ4n) is 4.35. The fourth-order valence-corrected chi connectivity index (χ4v) is 4.35. The Balaban J connectivity index is 1.29. The molecule has 0 spiro atoms. The number of piperazine rings is 1. The summed E-state index contributed by atoms with van der Waals surface area (Å²) >= 11 is 0. The average molecular weight is 448 g/mol. The molecule has 0 unspecified atom stereocenters. The molecule has 2 aromatic rings. The first-order valence-electron chi connectivity index (χ1n) is 11.7. The zero-order chi connectivity index (χ0) is 23.4. The Labute approximate surface area is 196 Å². The summed E-state index contributed by atoms with van der Waals surface area (Å²) in [7, 11) is 0. The minimum absolute atomic E-state index is 0.0979. The van der Waals surface area contributed by atoms with Crippen LogP contribution in [-0.2, 0) is 9.59 Å². The van der Waals surface area contributed by atoms with Crippen molar-refractivity contribution in [3.05, 3.63) is 65.7 Å². The van der Waals surface area contributed by atoms with Crippen molar-refractivity contribution in [3.63, 3.8) is 0 Å². The third-order valence-corrected chi connectivity index (χ3v) is 6.28. The monoisotopic (exact) mass is 447 g/mol. The highest BCUT2D eigenvalue weighted by Crippen LogP contribution is 2.38. The molecule has 0 N–H and O–H groups in total.